The third-order valence-electron chi connectivity index (χ3n) is 5.47. The van der Waals surface area contributed by atoms with Crippen LogP contribution in [0.15, 0.2) is 35.5 Å². The number of hydrogen-bond acceptors (Lipinski definition) is 5. The first-order chi connectivity index (χ1) is 13.8. The summed E-state index contributed by atoms with van der Waals surface area (Å²) < 4.78 is 7.53. The van der Waals surface area contributed by atoms with Gasteiger partial charge in [-0.3, -0.25) is 4.79 Å². The molecular weight excluding hydrogens is 372 g/mol. The lowest BCUT2D eigenvalue weighted by Gasteiger charge is -2.21. The van der Waals surface area contributed by atoms with Gasteiger partial charge < -0.3 is 10.1 Å². The Morgan fingerprint density at radius 2 is 1.96 bits per heavy atom. The number of nitrogens with one attached hydrogen (secondary N) is 1. The molecule has 0 unspecified atom stereocenters. The fourth-order valence-corrected chi connectivity index (χ4v) is 4.62. The van der Waals surface area contributed by atoms with Crippen molar-refractivity contribution >= 4 is 17.7 Å². The van der Waals surface area contributed by atoms with E-state index >= 15 is 0 Å². The lowest BCUT2D eigenvalue weighted by molar-refractivity contribution is -0.119. The van der Waals surface area contributed by atoms with Crippen LogP contribution in [-0.2, 0) is 9.53 Å². The molecule has 1 saturated heterocycles. The molecule has 1 aliphatic carbocycles. The minimum atomic E-state index is 0.00998. The monoisotopic (exact) mass is 400 g/mol. The Morgan fingerprint density at radius 1 is 1.14 bits per heavy atom. The molecule has 1 saturated carbocycles. The van der Waals surface area contributed by atoms with Crippen molar-refractivity contribution < 1.29 is 9.53 Å². The van der Waals surface area contributed by atoms with Gasteiger partial charge in [0.2, 0.25) is 11.1 Å². The van der Waals surface area contributed by atoms with Crippen LogP contribution in [0.25, 0.3) is 5.69 Å². The third kappa shape index (κ3) is 4.94. The molecule has 4 rings (SSSR count). The predicted molar refractivity (Wildman–Crippen MR) is 110 cm³/mol. The molecule has 0 bridgehead atoms. The molecule has 28 heavy (non-hydrogen) atoms. The molecule has 2 aromatic rings. The summed E-state index contributed by atoms with van der Waals surface area (Å²) in [5, 5.41) is 8.37. The maximum Gasteiger partial charge on any atom is 0.230 e. The van der Waals surface area contributed by atoms with Crippen LogP contribution in [0.1, 0.15) is 56.7 Å². The van der Waals surface area contributed by atoms with Crippen molar-refractivity contribution in [2.75, 3.05) is 18.9 Å². The van der Waals surface area contributed by atoms with Crippen LogP contribution in [0.3, 0.4) is 0 Å². The zero-order valence-electron chi connectivity index (χ0n) is 16.2. The Labute approximate surface area is 170 Å². The first-order valence-corrected chi connectivity index (χ1v) is 11.3. The minimum Gasteiger partial charge on any atom is -0.376 e. The van der Waals surface area contributed by atoms with Gasteiger partial charge in [-0.25, -0.2) is 9.67 Å². The maximum absolute atomic E-state index is 12.2. The number of ether oxygens (including phenoxy) is 1. The lowest BCUT2D eigenvalue weighted by Crippen LogP contribution is -2.32. The van der Waals surface area contributed by atoms with Gasteiger partial charge >= 0.3 is 0 Å². The smallest absolute Gasteiger partial charge is 0.230 e. The van der Waals surface area contributed by atoms with Gasteiger partial charge in [-0.1, -0.05) is 49.2 Å². The number of carbonyl (C=O) groups excluding carboxylic acids is 1. The number of hydrogen-bond donors (Lipinski definition) is 1. The molecule has 0 radical (unpaired) electrons. The number of benzene rings is 1. The second kappa shape index (κ2) is 9.56. The van der Waals surface area contributed by atoms with E-state index in [1.807, 2.05) is 22.9 Å². The highest BCUT2D eigenvalue weighted by molar-refractivity contribution is 7.99. The van der Waals surface area contributed by atoms with E-state index in [0.29, 0.717) is 23.4 Å². The molecule has 1 N–H and O–H groups in total. The van der Waals surface area contributed by atoms with Crippen molar-refractivity contribution in [1.29, 1.82) is 0 Å². The van der Waals surface area contributed by atoms with Gasteiger partial charge in [0.1, 0.15) is 5.82 Å². The van der Waals surface area contributed by atoms with E-state index in [0.717, 1.165) is 43.8 Å². The second-order valence-corrected chi connectivity index (χ2v) is 8.51. The molecule has 7 heteroatoms. The molecule has 1 aromatic carbocycles. The van der Waals surface area contributed by atoms with Crippen molar-refractivity contribution in [2.24, 2.45) is 0 Å². The van der Waals surface area contributed by atoms with Crippen LogP contribution in [0.4, 0.5) is 0 Å². The lowest BCUT2D eigenvalue weighted by atomic mass is 9.88. The van der Waals surface area contributed by atoms with Gasteiger partial charge in [-0.15, -0.1) is 5.10 Å². The zero-order chi connectivity index (χ0) is 19.2. The number of nitrogens with zero attached hydrogens (tertiary/aromatic N) is 3. The van der Waals surface area contributed by atoms with Gasteiger partial charge in [0.25, 0.3) is 0 Å². The Bertz CT molecular complexity index is 768. The van der Waals surface area contributed by atoms with Crippen LogP contribution in [0.5, 0.6) is 0 Å². The number of amides is 1. The van der Waals surface area contributed by atoms with E-state index < -0.39 is 0 Å². The summed E-state index contributed by atoms with van der Waals surface area (Å²) in [6, 6.07) is 10.2. The van der Waals surface area contributed by atoms with Crippen molar-refractivity contribution in [3.63, 3.8) is 0 Å². The van der Waals surface area contributed by atoms with Gasteiger partial charge in [-0.2, -0.15) is 0 Å². The minimum absolute atomic E-state index is 0.00998. The molecule has 150 valence electrons. The van der Waals surface area contributed by atoms with Crippen LogP contribution in [0, 0.1) is 0 Å². The molecule has 2 fully saturated rings. The topological polar surface area (TPSA) is 69.0 Å². The molecule has 2 heterocycles. The van der Waals surface area contributed by atoms with Gasteiger partial charge in [0, 0.05) is 19.1 Å². The predicted octanol–water partition coefficient (Wildman–Crippen LogP) is 3.70. The Balaban J connectivity index is 1.42. The van der Waals surface area contributed by atoms with Crippen molar-refractivity contribution in [2.45, 2.75) is 62.1 Å². The average molecular weight is 401 g/mol. The summed E-state index contributed by atoms with van der Waals surface area (Å²) in [6.45, 7) is 1.40. The fraction of sp³-hybridized carbons (Fsp3) is 0.571. The van der Waals surface area contributed by atoms with Crippen LogP contribution in [0.2, 0.25) is 0 Å². The first kappa shape index (κ1) is 19.5. The number of rotatable bonds is 7. The Kier molecular flexibility index (Phi) is 6.65. The Morgan fingerprint density at radius 3 is 2.71 bits per heavy atom. The Hall–Kier alpha value is -1.86. The average Bonchev–Trinajstić information content (AvgIpc) is 3.42. The van der Waals surface area contributed by atoms with Crippen molar-refractivity contribution in [1.82, 2.24) is 20.1 Å². The normalized spacial score (nSPS) is 20.4. The van der Waals surface area contributed by atoms with E-state index in [-0.39, 0.29) is 12.0 Å². The molecule has 1 aliphatic heterocycles. The maximum atomic E-state index is 12.2. The molecular formula is C21H28N4O2S. The SMILES string of the molecule is O=C(CSc1nc(C2CCCCC2)n(-c2ccccc2)n1)NC[C@@H]1CCCO1. The molecule has 1 atom stereocenters. The quantitative estimate of drug-likeness (QED) is 0.718. The number of thioether (sulfide) groups is 1. The summed E-state index contributed by atoms with van der Waals surface area (Å²) in [5.41, 5.74) is 1.03. The first-order valence-electron chi connectivity index (χ1n) is 10.3. The largest absolute Gasteiger partial charge is 0.376 e. The van der Waals surface area contributed by atoms with Crippen molar-refractivity contribution in [3.05, 3.63) is 36.2 Å². The summed E-state index contributed by atoms with van der Waals surface area (Å²) in [5.74, 6) is 1.82. The fourth-order valence-electron chi connectivity index (χ4n) is 3.96. The number of carbonyl (C=O) groups is 1. The highest BCUT2D eigenvalue weighted by atomic mass is 32.2. The second-order valence-electron chi connectivity index (χ2n) is 7.56. The van der Waals surface area contributed by atoms with Gasteiger partial charge in [-0.05, 0) is 37.8 Å². The van der Waals surface area contributed by atoms with E-state index in [2.05, 4.69) is 17.4 Å². The van der Waals surface area contributed by atoms with Crippen LogP contribution < -0.4 is 5.32 Å². The summed E-state index contributed by atoms with van der Waals surface area (Å²) in [7, 11) is 0. The number of aromatic nitrogens is 3. The van der Waals surface area contributed by atoms with Gasteiger partial charge in [0.05, 0.1) is 17.5 Å². The van der Waals surface area contributed by atoms with E-state index in [9.17, 15) is 4.79 Å². The van der Waals surface area contributed by atoms with Crippen LogP contribution >= 0.6 is 11.8 Å². The molecule has 1 aromatic heterocycles. The van der Waals surface area contributed by atoms with Crippen molar-refractivity contribution in [3.8, 4) is 5.69 Å². The summed E-state index contributed by atoms with van der Waals surface area (Å²) in [4.78, 5) is 17.0. The summed E-state index contributed by atoms with van der Waals surface area (Å²) >= 11 is 1.41. The summed E-state index contributed by atoms with van der Waals surface area (Å²) in [6.07, 6.45) is 8.42. The molecule has 0 spiro atoms. The van der Waals surface area contributed by atoms with Crippen LogP contribution in [-0.4, -0.2) is 45.7 Å². The zero-order valence-corrected chi connectivity index (χ0v) is 17.0. The molecule has 1 amide bonds. The van der Waals surface area contributed by atoms with E-state index in [4.69, 9.17) is 14.8 Å². The highest BCUT2D eigenvalue weighted by Crippen LogP contribution is 2.33. The van der Waals surface area contributed by atoms with Gasteiger partial charge in [0.15, 0.2) is 0 Å². The van der Waals surface area contributed by atoms with E-state index in [1.165, 1.54) is 31.0 Å². The van der Waals surface area contributed by atoms with E-state index in [1.54, 1.807) is 0 Å². The molecule has 6 nitrogen and oxygen atoms in total. The third-order valence-corrected chi connectivity index (χ3v) is 6.30. The highest BCUT2D eigenvalue weighted by Gasteiger charge is 2.24. The number of para-hydroxylation sites is 1. The standard InChI is InChI=1S/C21H28N4O2S/c26-19(22-14-18-12-7-13-27-18)15-28-21-23-20(16-8-3-1-4-9-16)25(24-21)17-10-5-2-6-11-17/h2,5-6,10-11,16,18H,1,3-4,7-9,12-15H2,(H,22,26)/t18-/m0/s1. The molecule has 2 aliphatic rings.